The Bertz CT molecular complexity index is 632. The highest BCUT2D eigenvalue weighted by molar-refractivity contribution is 5.36. The van der Waals surface area contributed by atoms with E-state index >= 15 is 0 Å². The highest BCUT2D eigenvalue weighted by Crippen LogP contribution is 2.14. The first-order chi connectivity index (χ1) is 9.79. The number of nitrogens with zero attached hydrogens (tertiary/aromatic N) is 1. The Hall–Kier alpha value is -2.38. The standard InChI is InChI=1S/C16H14FNO2/c17-16-7-2-1-6-14(16)12-20-15-9-13(10-18-11-15)5-3-4-8-19/h1-2,6-7,9-11,19H,4,8,12H2. The fourth-order valence-electron chi connectivity index (χ4n) is 1.56. The molecule has 0 amide bonds. The van der Waals surface area contributed by atoms with Crippen LogP contribution in [0.5, 0.6) is 5.75 Å². The van der Waals surface area contributed by atoms with Gasteiger partial charge in [0.2, 0.25) is 0 Å². The first kappa shape index (κ1) is 14.0. The summed E-state index contributed by atoms with van der Waals surface area (Å²) < 4.78 is 18.9. The van der Waals surface area contributed by atoms with E-state index in [1.165, 1.54) is 6.07 Å². The molecule has 0 saturated carbocycles. The largest absolute Gasteiger partial charge is 0.487 e. The fourth-order valence-corrected chi connectivity index (χ4v) is 1.56. The smallest absolute Gasteiger partial charge is 0.139 e. The maximum absolute atomic E-state index is 13.4. The fraction of sp³-hybridized carbons (Fsp3) is 0.188. The van der Waals surface area contributed by atoms with E-state index in [1.807, 2.05) is 0 Å². The van der Waals surface area contributed by atoms with Crippen molar-refractivity contribution in [3.63, 3.8) is 0 Å². The molecule has 0 unspecified atom stereocenters. The Morgan fingerprint density at radius 2 is 2.10 bits per heavy atom. The number of aromatic nitrogens is 1. The highest BCUT2D eigenvalue weighted by atomic mass is 19.1. The molecule has 0 aliphatic carbocycles. The van der Waals surface area contributed by atoms with Gasteiger partial charge in [0.25, 0.3) is 0 Å². The van der Waals surface area contributed by atoms with Crippen LogP contribution in [0.4, 0.5) is 4.39 Å². The lowest BCUT2D eigenvalue weighted by Crippen LogP contribution is -1.98. The molecule has 0 fully saturated rings. The summed E-state index contributed by atoms with van der Waals surface area (Å²) in [4.78, 5) is 4.01. The number of aliphatic hydroxyl groups is 1. The van der Waals surface area contributed by atoms with Crippen molar-refractivity contribution in [1.82, 2.24) is 4.98 Å². The normalized spacial score (nSPS) is 9.70. The summed E-state index contributed by atoms with van der Waals surface area (Å²) in [5.41, 5.74) is 1.19. The Balaban J connectivity index is 2.02. The average molecular weight is 271 g/mol. The molecule has 1 N–H and O–H groups in total. The van der Waals surface area contributed by atoms with E-state index in [1.54, 1.807) is 36.7 Å². The maximum atomic E-state index is 13.4. The topological polar surface area (TPSA) is 42.4 Å². The van der Waals surface area contributed by atoms with Crippen LogP contribution < -0.4 is 4.74 Å². The van der Waals surface area contributed by atoms with Gasteiger partial charge in [-0.25, -0.2) is 4.39 Å². The number of benzene rings is 1. The summed E-state index contributed by atoms with van der Waals surface area (Å²) in [6, 6.07) is 8.20. The highest BCUT2D eigenvalue weighted by Gasteiger charge is 2.02. The summed E-state index contributed by atoms with van der Waals surface area (Å²) in [5.74, 6) is 5.91. The second-order valence-electron chi connectivity index (χ2n) is 4.06. The van der Waals surface area contributed by atoms with Crippen LogP contribution in [0, 0.1) is 17.7 Å². The van der Waals surface area contributed by atoms with Crippen LogP contribution in [0.3, 0.4) is 0 Å². The number of pyridine rings is 1. The van der Waals surface area contributed by atoms with E-state index in [4.69, 9.17) is 9.84 Å². The minimum absolute atomic E-state index is 0.0317. The molecule has 0 atom stereocenters. The van der Waals surface area contributed by atoms with Gasteiger partial charge in [0, 0.05) is 23.7 Å². The number of aliphatic hydroxyl groups excluding tert-OH is 1. The van der Waals surface area contributed by atoms with E-state index in [0.717, 1.165) is 0 Å². The van der Waals surface area contributed by atoms with Crippen molar-refractivity contribution in [3.05, 3.63) is 59.7 Å². The van der Waals surface area contributed by atoms with Crippen LogP contribution in [-0.2, 0) is 6.61 Å². The zero-order chi connectivity index (χ0) is 14.2. The first-order valence-electron chi connectivity index (χ1n) is 6.20. The molecule has 0 spiro atoms. The first-order valence-corrected chi connectivity index (χ1v) is 6.20. The zero-order valence-corrected chi connectivity index (χ0v) is 10.8. The van der Waals surface area contributed by atoms with Gasteiger partial charge in [0.1, 0.15) is 18.2 Å². The Labute approximate surface area is 117 Å². The van der Waals surface area contributed by atoms with E-state index in [9.17, 15) is 4.39 Å². The third-order valence-corrected chi connectivity index (χ3v) is 2.53. The monoisotopic (exact) mass is 271 g/mol. The molecule has 0 radical (unpaired) electrons. The third-order valence-electron chi connectivity index (χ3n) is 2.53. The Kier molecular flexibility index (Phi) is 5.10. The summed E-state index contributed by atoms with van der Waals surface area (Å²) in [6.07, 6.45) is 3.58. The third kappa shape index (κ3) is 4.08. The number of rotatable bonds is 4. The summed E-state index contributed by atoms with van der Waals surface area (Å²) in [5, 5.41) is 8.66. The lowest BCUT2D eigenvalue weighted by molar-refractivity contribution is 0.298. The van der Waals surface area contributed by atoms with Crippen molar-refractivity contribution in [1.29, 1.82) is 0 Å². The van der Waals surface area contributed by atoms with E-state index in [-0.39, 0.29) is 19.0 Å². The van der Waals surface area contributed by atoms with Crippen LogP contribution in [-0.4, -0.2) is 16.7 Å². The van der Waals surface area contributed by atoms with Crippen molar-refractivity contribution < 1.29 is 14.2 Å². The molecule has 0 aliphatic heterocycles. The van der Waals surface area contributed by atoms with E-state index in [0.29, 0.717) is 23.3 Å². The summed E-state index contributed by atoms with van der Waals surface area (Å²) in [6.45, 7) is 0.172. The molecule has 1 aromatic carbocycles. The Morgan fingerprint density at radius 1 is 1.25 bits per heavy atom. The maximum Gasteiger partial charge on any atom is 0.139 e. The van der Waals surface area contributed by atoms with Gasteiger partial charge >= 0.3 is 0 Å². The molecule has 3 nitrogen and oxygen atoms in total. The molecule has 2 aromatic rings. The second-order valence-corrected chi connectivity index (χ2v) is 4.06. The molecule has 0 aliphatic rings. The number of ether oxygens (including phenoxy) is 1. The van der Waals surface area contributed by atoms with Crippen molar-refractivity contribution in [2.45, 2.75) is 13.0 Å². The van der Waals surface area contributed by atoms with Crippen LogP contribution in [0.15, 0.2) is 42.7 Å². The predicted molar refractivity (Wildman–Crippen MR) is 73.5 cm³/mol. The molecule has 20 heavy (non-hydrogen) atoms. The molecule has 4 heteroatoms. The van der Waals surface area contributed by atoms with Crippen molar-refractivity contribution >= 4 is 0 Å². The van der Waals surface area contributed by atoms with Gasteiger partial charge in [0.05, 0.1) is 12.8 Å². The minimum atomic E-state index is -0.292. The van der Waals surface area contributed by atoms with Crippen LogP contribution in [0.25, 0.3) is 0 Å². The SMILES string of the molecule is OCCC#Cc1cncc(OCc2ccccc2F)c1. The van der Waals surface area contributed by atoms with Crippen molar-refractivity contribution in [2.24, 2.45) is 0 Å². The van der Waals surface area contributed by atoms with Gasteiger partial charge in [-0.05, 0) is 12.1 Å². The van der Waals surface area contributed by atoms with E-state index < -0.39 is 0 Å². The molecule has 1 heterocycles. The number of halogens is 1. The van der Waals surface area contributed by atoms with Crippen LogP contribution in [0.2, 0.25) is 0 Å². The van der Waals surface area contributed by atoms with Crippen LogP contribution >= 0.6 is 0 Å². The van der Waals surface area contributed by atoms with Gasteiger partial charge in [-0.2, -0.15) is 0 Å². The minimum Gasteiger partial charge on any atom is -0.487 e. The van der Waals surface area contributed by atoms with Crippen molar-refractivity contribution in [3.8, 4) is 17.6 Å². The quantitative estimate of drug-likeness (QED) is 0.869. The molecular weight excluding hydrogens is 257 g/mol. The van der Waals surface area contributed by atoms with Gasteiger partial charge in [0.15, 0.2) is 0 Å². The van der Waals surface area contributed by atoms with Gasteiger partial charge < -0.3 is 9.84 Å². The summed E-state index contributed by atoms with van der Waals surface area (Å²) in [7, 11) is 0. The van der Waals surface area contributed by atoms with Crippen LogP contribution in [0.1, 0.15) is 17.5 Å². The summed E-state index contributed by atoms with van der Waals surface area (Å²) >= 11 is 0. The van der Waals surface area contributed by atoms with Gasteiger partial charge in [-0.15, -0.1) is 0 Å². The molecular formula is C16H14FNO2. The predicted octanol–water partition coefficient (Wildman–Crippen LogP) is 2.53. The molecule has 102 valence electrons. The lowest BCUT2D eigenvalue weighted by atomic mass is 10.2. The van der Waals surface area contributed by atoms with Gasteiger partial charge in [-0.3, -0.25) is 4.98 Å². The molecule has 0 bridgehead atoms. The zero-order valence-electron chi connectivity index (χ0n) is 10.8. The second kappa shape index (κ2) is 7.27. The van der Waals surface area contributed by atoms with E-state index in [2.05, 4.69) is 16.8 Å². The molecule has 0 saturated heterocycles. The lowest BCUT2D eigenvalue weighted by Gasteiger charge is -2.06. The molecule has 1 aromatic heterocycles. The Morgan fingerprint density at radius 3 is 2.90 bits per heavy atom. The average Bonchev–Trinajstić information content (AvgIpc) is 2.47. The van der Waals surface area contributed by atoms with Crippen molar-refractivity contribution in [2.75, 3.05) is 6.61 Å². The van der Waals surface area contributed by atoms with Gasteiger partial charge in [-0.1, -0.05) is 30.0 Å². The molecule has 2 rings (SSSR count). The number of hydrogen-bond acceptors (Lipinski definition) is 3. The number of hydrogen-bond donors (Lipinski definition) is 1.